The Balaban J connectivity index is 2.31. The van der Waals surface area contributed by atoms with Gasteiger partial charge in [0, 0.05) is 11.1 Å². The van der Waals surface area contributed by atoms with Crippen molar-refractivity contribution in [1.82, 2.24) is 0 Å². The van der Waals surface area contributed by atoms with Gasteiger partial charge in [-0.05, 0) is 56.2 Å². The Kier molecular flexibility index (Phi) is 5.48. The van der Waals surface area contributed by atoms with Crippen molar-refractivity contribution in [2.45, 2.75) is 26.3 Å². The second kappa shape index (κ2) is 7.34. The number of halogens is 1. The predicted octanol–water partition coefficient (Wildman–Crippen LogP) is 4.42. The van der Waals surface area contributed by atoms with E-state index in [1.807, 2.05) is 56.3 Å². The van der Waals surface area contributed by atoms with Crippen molar-refractivity contribution < 1.29 is 9.47 Å². The van der Waals surface area contributed by atoms with Crippen LogP contribution < -0.4 is 15.2 Å². The van der Waals surface area contributed by atoms with Gasteiger partial charge in [0.25, 0.3) is 0 Å². The number of benzene rings is 2. The SMILES string of the molecule is CCOc1ccccc1Oc1ccc(Cl)cc1CC(C)N. The smallest absolute Gasteiger partial charge is 0.169 e. The second-order valence-corrected chi connectivity index (χ2v) is 5.35. The molecule has 0 saturated carbocycles. The zero-order valence-corrected chi connectivity index (χ0v) is 13.1. The van der Waals surface area contributed by atoms with Gasteiger partial charge in [0.1, 0.15) is 5.75 Å². The summed E-state index contributed by atoms with van der Waals surface area (Å²) in [4.78, 5) is 0. The van der Waals surface area contributed by atoms with Crippen molar-refractivity contribution in [2.75, 3.05) is 6.61 Å². The van der Waals surface area contributed by atoms with Crippen molar-refractivity contribution in [3.63, 3.8) is 0 Å². The first-order valence-corrected chi connectivity index (χ1v) is 7.41. The molecule has 0 saturated heterocycles. The molecule has 2 N–H and O–H groups in total. The minimum Gasteiger partial charge on any atom is -0.490 e. The molecule has 0 bridgehead atoms. The first-order valence-electron chi connectivity index (χ1n) is 7.04. The van der Waals surface area contributed by atoms with Crippen LogP contribution >= 0.6 is 11.6 Å². The lowest BCUT2D eigenvalue weighted by molar-refractivity contribution is 0.321. The van der Waals surface area contributed by atoms with E-state index in [-0.39, 0.29) is 6.04 Å². The summed E-state index contributed by atoms with van der Waals surface area (Å²) < 4.78 is 11.6. The highest BCUT2D eigenvalue weighted by molar-refractivity contribution is 6.30. The lowest BCUT2D eigenvalue weighted by Gasteiger charge is -2.15. The molecule has 0 aliphatic carbocycles. The maximum Gasteiger partial charge on any atom is 0.169 e. The van der Waals surface area contributed by atoms with Gasteiger partial charge >= 0.3 is 0 Å². The molecule has 1 atom stereocenters. The van der Waals surface area contributed by atoms with E-state index < -0.39 is 0 Å². The normalized spacial score (nSPS) is 12.0. The Bertz CT molecular complexity index is 599. The van der Waals surface area contributed by atoms with E-state index in [2.05, 4.69) is 0 Å². The molecule has 1 unspecified atom stereocenters. The molecule has 0 aliphatic heterocycles. The fraction of sp³-hybridized carbons (Fsp3) is 0.294. The van der Waals surface area contributed by atoms with Crippen LogP contribution in [-0.2, 0) is 6.42 Å². The molecule has 0 aliphatic rings. The highest BCUT2D eigenvalue weighted by Gasteiger charge is 2.11. The summed E-state index contributed by atoms with van der Waals surface area (Å²) in [5, 5.41) is 0.677. The number of rotatable bonds is 6. The van der Waals surface area contributed by atoms with Crippen LogP contribution in [0.25, 0.3) is 0 Å². The third-order valence-corrected chi connectivity index (χ3v) is 3.17. The lowest BCUT2D eigenvalue weighted by atomic mass is 10.1. The topological polar surface area (TPSA) is 44.5 Å². The molecule has 0 radical (unpaired) electrons. The van der Waals surface area contributed by atoms with Gasteiger partial charge < -0.3 is 15.2 Å². The van der Waals surface area contributed by atoms with Crippen molar-refractivity contribution in [3.05, 3.63) is 53.1 Å². The molecule has 0 fully saturated rings. The predicted molar refractivity (Wildman–Crippen MR) is 86.5 cm³/mol. The second-order valence-electron chi connectivity index (χ2n) is 4.92. The summed E-state index contributed by atoms with van der Waals surface area (Å²) in [6, 6.07) is 13.2. The molecule has 2 aromatic rings. The van der Waals surface area contributed by atoms with E-state index in [9.17, 15) is 0 Å². The van der Waals surface area contributed by atoms with Crippen LogP contribution in [0.1, 0.15) is 19.4 Å². The van der Waals surface area contributed by atoms with Crippen LogP contribution in [-0.4, -0.2) is 12.6 Å². The van der Waals surface area contributed by atoms with Crippen molar-refractivity contribution in [1.29, 1.82) is 0 Å². The molecule has 3 nitrogen and oxygen atoms in total. The van der Waals surface area contributed by atoms with Crippen LogP contribution in [0.3, 0.4) is 0 Å². The van der Waals surface area contributed by atoms with Crippen molar-refractivity contribution in [3.8, 4) is 17.2 Å². The summed E-state index contributed by atoms with van der Waals surface area (Å²) in [5.41, 5.74) is 6.88. The monoisotopic (exact) mass is 305 g/mol. The van der Waals surface area contributed by atoms with E-state index >= 15 is 0 Å². The zero-order valence-electron chi connectivity index (χ0n) is 12.3. The molecule has 0 heterocycles. The Morgan fingerprint density at radius 3 is 2.48 bits per heavy atom. The highest BCUT2D eigenvalue weighted by Crippen LogP contribution is 2.34. The minimum atomic E-state index is 0.0351. The van der Waals surface area contributed by atoms with E-state index in [4.69, 9.17) is 26.8 Å². The van der Waals surface area contributed by atoms with Gasteiger partial charge in [0.2, 0.25) is 0 Å². The van der Waals surface area contributed by atoms with Crippen LogP contribution in [0, 0.1) is 0 Å². The van der Waals surface area contributed by atoms with E-state index in [1.165, 1.54) is 0 Å². The molecule has 4 heteroatoms. The third-order valence-electron chi connectivity index (χ3n) is 2.93. The molecule has 2 aromatic carbocycles. The molecule has 0 aromatic heterocycles. The fourth-order valence-electron chi connectivity index (χ4n) is 2.08. The summed E-state index contributed by atoms with van der Waals surface area (Å²) >= 11 is 6.06. The Labute approximate surface area is 130 Å². The van der Waals surface area contributed by atoms with Crippen LogP contribution in [0.4, 0.5) is 0 Å². The number of hydrogen-bond donors (Lipinski definition) is 1. The summed E-state index contributed by atoms with van der Waals surface area (Å²) in [6.07, 6.45) is 0.701. The molecule has 2 rings (SSSR count). The average molecular weight is 306 g/mol. The Hall–Kier alpha value is -1.71. The van der Waals surface area contributed by atoms with Gasteiger partial charge in [0.15, 0.2) is 11.5 Å². The van der Waals surface area contributed by atoms with Crippen molar-refractivity contribution >= 4 is 11.6 Å². The van der Waals surface area contributed by atoms with Crippen LogP contribution in [0.2, 0.25) is 5.02 Å². The molecule has 0 spiro atoms. The first-order chi connectivity index (χ1) is 10.1. The number of ether oxygens (including phenoxy) is 2. The summed E-state index contributed by atoms with van der Waals surface area (Å²) in [5.74, 6) is 2.16. The number of para-hydroxylation sites is 2. The lowest BCUT2D eigenvalue weighted by Crippen LogP contribution is -2.18. The van der Waals surface area contributed by atoms with E-state index in [1.54, 1.807) is 0 Å². The molecule has 21 heavy (non-hydrogen) atoms. The molecule has 0 amide bonds. The van der Waals surface area contributed by atoms with Crippen LogP contribution in [0.5, 0.6) is 17.2 Å². The molecular formula is C17H20ClNO2. The zero-order chi connectivity index (χ0) is 15.2. The third kappa shape index (κ3) is 4.38. The maximum absolute atomic E-state index is 6.06. The quantitative estimate of drug-likeness (QED) is 0.859. The Morgan fingerprint density at radius 2 is 1.81 bits per heavy atom. The number of nitrogens with two attached hydrogens (primary N) is 1. The van der Waals surface area contributed by atoms with E-state index in [0.717, 1.165) is 17.1 Å². The van der Waals surface area contributed by atoms with Gasteiger partial charge in [-0.15, -0.1) is 0 Å². The van der Waals surface area contributed by atoms with Gasteiger partial charge in [-0.25, -0.2) is 0 Å². The average Bonchev–Trinajstić information content (AvgIpc) is 2.43. The first kappa shape index (κ1) is 15.7. The summed E-state index contributed by atoms with van der Waals surface area (Å²) in [7, 11) is 0. The van der Waals surface area contributed by atoms with Gasteiger partial charge in [-0.1, -0.05) is 23.7 Å². The molecule has 112 valence electrons. The minimum absolute atomic E-state index is 0.0351. The van der Waals surface area contributed by atoms with Crippen molar-refractivity contribution in [2.24, 2.45) is 5.73 Å². The van der Waals surface area contributed by atoms with Crippen LogP contribution in [0.15, 0.2) is 42.5 Å². The standard InChI is InChI=1S/C17H20ClNO2/c1-3-20-16-6-4-5-7-17(16)21-15-9-8-14(18)11-13(15)10-12(2)19/h4-9,11-12H,3,10,19H2,1-2H3. The summed E-state index contributed by atoms with van der Waals surface area (Å²) in [6.45, 7) is 4.49. The highest BCUT2D eigenvalue weighted by atomic mass is 35.5. The van der Waals surface area contributed by atoms with Gasteiger partial charge in [-0.2, -0.15) is 0 Å². The van der Waals surface area contributed by atoms with E-state index in [0.29, 0.717) is 23.8 Å². The Morgan fingerprint density at radius 1 is 1.10 bits per heavy atom. The van der Waals surface area contributed by atoms with Gasteiger partial charge in [-0.3, -0.25) is 0 Å². The maximum atomic E-state index is 6.06. The van der Waals surface area contributed by atoms with Gasteiger partial charge in [0.05, 0.1) is 6.61 Å². The largest absolute Gasteiger partial charge is 0.490 e. The molecular weight excluding hydrogens is 286 g/mol. The fourth-order valence-corrected chi connectivity index (χ4v) is 2.28. The number of hydrogen-bond acceptors (Lipinski definition) is 3.